The normalized spacial score (nSPS) is 11.0. The second-order valence-electron chi connectivity index (χ2n) is 1.64. The van der Waals surface area contributed by atoms with Gasteiger partial charge in [0.05, 0.1) is 22.7 Å². The van der Waals surface area contributed by atoms with E-state index in [2.05, 4.69) is 17.6 Å². The SMILES string of the molecule is OCc1ncsc1/C=C\S. The van der Waals surface area contributed by atoms with Crippen LogP contribution in [0.4, 0.5) is 0 Å². The number of aliphatic hydroxyl groups excluding tert-OH is 1. The lowest BCUT2D eigenvalue weighted by molar-refractivity contribution is 0.277. The van der Waals surface area contributed by atoms with Crippen LogP contribution >= 0.6 is 24.0 Å². The molecule has 2 nitrogen and oxygen atoms in total. The molecular formula is C6H7NOS2. The number of hydrogen-bond acceptors (Lipinski definition) is 4. The fourth-order valence-corrected chi connectivity index (χ4v) is 1.54. The van der Waals surface area contributed by atoms with Gasteiger partial charge in [-0.05, 0) is 11.5 Å². The summed E-state index contributed by atoms with van der Waals surface area (Å²) in [5.41, 5.74) is 2.42. The maximum atomic E-state index is 8.72. The highest BCUT2D eigenvalue weighted by atomic mass is 32.1. The van der Waals surface area contributed by atoms with Crippen LogP contribution in [-0.4, -0.2) is 10.1 Å². The van der Waals surface area contributed by atoms with Gasteiger partial charge in [-0.2, -0.15) is 12.6 Å². The van der Waals surface area contributed by atoms with Crippen molar-refractivity contribution in [3.8, 4) is 0 Å². The zero-order valence-corrected chi connectivity index (χ0v) is 6.90. The van der Waals surface area contributed by atoms with Crippen molar-refractivity contribution in [1.82, 2.24) is 4.98 Å². The van der Waals surface area contributed by atoms with E-state index in [1.807, 2.05) is 6.08 Å². The highest BCUT2D eigenvalue weighted by molar-refractivity contribution is 7.83. The molecule has 0 fully saturated rings. The third-order valence-corrected chi connectivity index (χ3v) is 2.03. The molecule has 10 heavy (non-hydrogen) atoms. The van der Waals surface area contributed by atoms with Crippen LogP contribution in [0.25, 0.3) is 6.08 Å². The minimum atomic E-state index is -0.00302. The van der Waals surface area contributed by atoms with Gasteiger partial charge in [0.2, 0.25) is 0 Å². The van der Waals surface area contributed by atoms with Crippen molar-refractivity contribution in [3.63, 3.8) is 0 Å². The number of nitrogens with zero attached hydrogens (tertiary/aromatic N) is 1. The molecule has 0 aliphatic heterocycles. The third-order valence-electron chi connectivity index (χ3n) is 1.05. The number of rotatable bonds is 2. The Hall–Kier alpha value is -0.320. The lowest BCUT2D eigenvalue weighted by Gasteiger charge is -1.88. The fourth-order valence-electron chi connectivity index (χ4n) is 0.600. The molecule has 1 aromatic rings. The molecule has 0 amide bonds. The van der Waals surface area contributed by atoms with Crippen molar-refractivity contribution in [2.75, 3.05) is 0 Å². The van der Waals surface area contributed by atoms with E-state index in [-0.39, 0.29) is 6.61 Å². The summed E-state index contributed by atoms with van der Waals surface area (Å²) in [5.74, 6) is 0. The van der Waals surface area contributed by atoms with Gasteiger partial charge in [0, 0.05) is 0 Å². The summed E-state index contributed by atoms with van der Waals surface area (Å²) in [4.78, 5) is 4.91. The van der Waals surface area contributed by atoms with E-state index in [1.54, 1.807) is 10.9 Å². The van der Waals surface area contributed by atoms with E-state index in [4.69, 9.17) is 5.11 Å². The highest BCUT2D eigenvalue weighted by Crippen LogP contribution is 2.14. The fraction of sp³-hybridized carbons (Fsp3) is 0.167. The molecule has 0 unspecified atom stereocenters. The predicted molar refractivity (Wildman–Crippen MR) is 46.1 cm³/mol. The van der Waals surface area contributed by atoms with E-state index < -0.39 is 0 Å². The first-order valence-corrected chi connectivity index (χ1v) is 4.12. The Bertz CT molecular complexity index is 231. The Morgan fingerprint density at radius 3 is 3.20 bits per heavy atom. The molecule has 0 spiro atoms. The average molecular weight is 173 g/mol. The largest absolute Gasteiger partial charge is 0.390 e. The van der Waals surface area contributed by atoms with Crippen LogP contribution in [0.2, 0.25) is 0 Å². The molecule has 1 aromatic heterocycles. The molecule has 0 radical (unpaired) electrons. The summed E-state index contributed by atoms with van der Waals surface area (Å²) in [5, 5.41) is 10.4. The molecule has 1 N–H and O–H groups in total. The van der Waals surface area contributed by atoms with E-state index in [0.717, 1.165) is 10.6 Å². The molecule has 0 saturated carbocycles. The Kier molecular flexibility index (Phi) is 2.92. The minimum absolute atomic E-state index is 0.00302. The number of thiazole rings is 1. The summed E-state index contributed by atoms with van der Waals surface area (Å²) in [6, 6.07) is 0. The molecule has 1 heterocycles. The molecule has 0 aliphatic carbocycles. The maximum absolute atomic E-state index is 8.72. The van der Waals surface area contributed by atoms with Crippen molar-refractivity contribution < 1.29 is 5.11 Å². The molecule has 1 rings (SSSR count). The summed E-state index contributed by atoms with van der Waals surface area (Å²) >= 11 is 5.40. The number of aromatic nitrogens is 1. The monoisotopic (exact) mass is 173 g/mol. The van der Waals surface area contributed by atoms with E-state index in [1.165, 1.54) is 11.3 Å². The second kappa shape index (κ2) is 3.75. The zero-order chi connectivity index (χ0) is 7.40. The van der Waals surface area contributed by atoms with Crippen LogP contribution in [0.15, 0.2) is 10.9 Å². The van der Waals surface area contributed by atoms with Crippen LogP contribution < -0.4 is 0 Å². The third kappa shape index (κ3) is 1.59. The van der Waals surface area contributed by atoms with Gasteiger partial charge in [0.1, 0.15) is 0 Å². The molecule has 0 saturated heterocycles. The van der Waals surface area contributed by atoms with Gasteiger partial charge in [-0.1, -0.05) is 0 Å². The standard InChI is InChI=1S/C6H7NOS2/c8-3-5-6(1-2-9)10-4-7-5/h1-2,4,8-9H,3H2/b2-1-. The zero-order valence-electron chi connectivity index (χ0n) is 5.19. The summed E-state index contributed by atoms with van der Waals surface area (Å²) in [6.07, 6.45) is 1.81. The van der Waals surface area contributed by atoms with Crippen molar-refractivity contribution in [2.45, 2.75) is 6.61 Å². The van der Waals surface area contributed by atoms with Crippen LogP contribution in [-0.2, 0) is 6.61 Å². The first-order chi connectivity index (χ1) is 4.88. The van der Waals surface area contributed by atoms with Crippen LogP contribution in [0.1, 0.15) is 10.6 Å². The smallest absolute Gasteiger partial charge is 0.0867 e. The van der Waals surface area contributed by atoms with Crippen LogP contribution in [0.5, 0.6) is 0 Å². The second-order valence-corrected chi connectivity index (χ2v) is 2.82. The summed E-state index contributed by atoms with van der Waals surface area (Å²) in [6.45, 7) is -0.00302. The van der Waals surface area contributed by atoms with Crippen LogP contribution in [0.3, 0.4) is 0 Å². The minimum Gasteiger partial charge on any atom is -0.390 e. The van der Waals surface area contributed by atoms with E-state index in [0.29, 0.717) is 0 Å². The van der Waals surface area contributed by atoms with Gasteiger partial charge >= 0.3 is 0 Å². The molecule has 4 heteroatoms. The van der Waals surface area contributed by atoms with Gasteiger partial charge in [-0.15, -0.1) is 11.3 Å². The molecule has 0 bridgehead atoms. The van der Waals surface area contributed by atoms with Crippen molar-refractivity contribution in [1.29, 1.82) is 0 Å². The topological polar surface area (TPSA) is 33.1 Å². The van der Waals surface area contributed by atoms with Crippen LogP contribution in [0, 0.1) is 0 Å². The Balaban J connectivity index is 2.90. The summed E-state index contributed by atoms with van der Waals surface area (Å²) < 4.78 is 0. The Morgan fingerprint density at radius 2 is 2.60 bits per heavy atom. The van der Waals surface area contributed by atoms with Crippen molar-refractivity contribution in [3.05, 3.63) is 21.5 Å². The van der Waals surface area contributed by atoms with Gasteiger partial charge < -0.3 is 5.11 Å². The number of hydrogen-bond donors (Lipinski definition) is 2. The molecule has 54 valence electrons. The van der Waals surface area contributed by atoms with E-state index in [9.17, 15) is 0 Å². The van der Waals surface area contributed by atoms with Gasteiger partial charge in [-0.3, -0.25) is 0 Å². The Labute approximate surface area is 68.6 Å². The molecule has 0 aliphatic rings. The van der Waals surface area contributed by atoms with Crippen molar-refractivity contribution >= 4 is 30.0 Å². The lowest BCUT2D eigenvalue weighted by Crippen LogP contribution is -1.83. The van der Waals surface area contributed by atoms with Crippen molar-refractivity contribution in [2.24, 2.45) is 0 Å². The lowest BCUT2D eigenvalue weighted by atomic mass is 10.4. The van der Waals surface area contributed by atoms with Gasteiger partial charge in [-0.25, -0.2) is 4.98 Å². The quantitative estimate of drug-likeness (QED) is 0.665. The molecule has 0 aromatic carbocycles. The first-order valence-electron chi connectivity index (χ1n) is 2.72. The molecular weight excluding hydrogens is 166 g/mol. The summed E-state index contributed by atoms with van der Waals surface area (Å²) in [7, 11) is 0. The predicted octanol–water partition coefficient (Wildman–Crippen LogP) is 1.54. The average Bonchev–Trinajstić information content (AvgIpc) is 2.36. The highest BCUT2D eigenvalue weighted by Gasteiger charge is 1.98. The van der Waals surface area contributed by atoms with Gasteiger partial charge in [0.25, 0.3) is 0 Å². The van der Waals surface area contributed by atoms with Gasteiger partial charge in [0.15, 0.2) is 0 Å². The number of thiol groups is 1. The molecule has 0 atom stereocenters. The van der Waals surface area contributed by atoms with E-state index >= 15 is 0 Å². The Morgan fingerprint density at radius 1 is 1.80 bits per heavy atom. The maximum Gasteiger partial charge on any atom is 0.0867 e. The first kappa shape index (κ1) is 7.78. The number of aliphatic hydroxyl groups is 1.